The van der Waals surface area contributed by atoms with Gasteiger partial charge in [-0.05, 0) is 12.8 Å². The van der Waals surface area contributed by atoms with E-state index >= 15 is 0 Å². The number of hydrogen-bond acceptors (Lipinski definition) is 4. The molecule has 1 aliphatic heterocycles. The van der Waals surface area contributed by atoms with E-state index in [2.05, 4.69) is 14.9 Å². The third kappa shape index (κ3) is 2.24. The third-order valence-electron chi connectivity index (χ3n) is 3.11. The Morgan fingerprint density at radius 1 is 1.50 bits per heavy atom. The summed E-state index contributed by atoms with van der Waals surface area (Å²) in [5, 5.41) is 0. The van der Waals surface area contributed by atoms with Crippen molar-refractivity contribution in [3.05, 3.63) is 22.7 Å². The number of nitrogens with zero attached hydrogens (tertiary/aromatic N) is 2. The highest BCUT2D eigenvalue weighted by Gasteiger charge is 2.22. The predicted octanol–water partition coefficient (Wildman–Crippen LogP) is 0.478. The highest BCUT2D eigenvalue weighted by molar-refractivity contribution is 5.37. The van der Waals surface area contributed by atoms with E-state index in [9.17, 15) is 4.79 Å². The van der Waals surface area contributed by atoms with Gasteiger partial charge in [-0.1, -0.05) is 12.8 Å². The van der Waals surface area contributed by atoms with Crippen molar-refractivity contribution < 1.29 is 0 Å². The first-order chi connectivity index (χ1) is 7.83. The lowest BCUT2D eigenvalue weighted by Crippen LogP contribution is -2.43. The molecule has 5 heteroatoms. The molecule has 0 bridgehead atoms. The van der Waals surface area contributed by atoms with Gasteiger partial charge >= 0.3 is 0 Å². The average Bonchev–Trinajstić information content (AvgIpc) is 2.54. The van der Waals surface area contributed by atoms with Crippen molar-refractivity contribution in [2.24, 2.45) is 5.73 Å². The number of H-pyrrole nitrogens is 1. The summed E-state index contributed by atoms with van der Waals surface area (Å²) in [4.78, 5) is 20.6. The zero-order valence-corrected chi connectivity index (χ0v) is 9.35. The van der Waals surface area contributed by atoms with Gasteiger partial charge in [-0.15, -0.1) is 0 Å². The molecule has 1 aromatic rings. The van der Waals surface area contributed by atoms with Crippen LogP contribution in [0.25, 0.3) is 0 Å². The van der Waals surface area contributed by atoms with Gasteiger partial charge in [0, 0.05) is 31.5 Å². The zero-order valence-electron chi connectivity index (χ0n) is 9.35. The van der Waals surface area contributed by atoms with Gasteiger partial charge in [-0.3, -0.25) is 4.79 Å². The highest BCUT2D eigenvalue weighted by Crippen LogP contribution is 2.19. The summed E-state index contributed by atoms with van der Waals surface area (Å²) in [7, 11) is 0. The fourth-order valence-corrected chi connectivity index (χ4v) is 2.25. The standard InChI is InChI=1S/C11H18N4O/c12-8-9-4-2-1-3-7-15(9)10-11(16)14-6-5-13-10/h5-6,9H,1-4,7-8,12H2,(H,14,16). The Kier molecular flexibility index (Phi) is 3.56. The molecule has 16 heavy (non-hydrogen) atoms. The van der Waals surface area contributed by atoms with Crippen LogP contribution < -0.4 is 16.2 Å². The molecule has 2 rings (SSSR count). The van der Waals surface area contributed by atoms with E-state index in [1.54, 1.807) is 12.4 Å². The van der Waals surface area contributed by atoms with Crippen LogP contribution in [-0.2, 0) is 0 Å². The molecule has 2 heterocycles. The molecule has 0 aromatic carbocycles. The molecular formula is C11H18N4O. The number of rotatable bonds is 2. The van der Waals surface area contributed by atoms with Crippen molar-refractivity contribution in [1.82, 2.24) is 9.97 Å². The molecule has 1 aliphatic rings. The Bertz CT molecular complexity index is 390. The molecule has 3 N–H and O–H groups in total. The Balaban J connectivity index is 2.29. The number of nitrogens with two attached hydrogens (primary N) is 1. The predicted molar refractivity (Wildman–Crippen MR) is 63.5 cm³/mol. The molecule has 0 amide bonds. The maximum Gasteiger partial charge on any atom is 0.290 e. The second kappa shape index (κ2) is 5.12. The Morgan fingerprint density at radius 3 is 3.12 bits per heavy atom. The number of aromatic amines is 1. The van der Waals surface area contributed by atoms with Gasteiger partial charge in [0.15, 0.2) is 5.82 Å². The molecule has 1 unspecified atom stereocenters. The molecule has 1 fully saturated rings. The van der Waals surface area contributed by atoms with E-state index in [4.69, 9.17) is 5.73 Å². The second-order valence-electron chi connectivity index (χ2n) is 4.17. The summed E-state index contributed by atoms with van der Waals surface area (Å²) in [6.07, 6.45) is 7.72. The SMILES string of the molecule is NCC1CCCCCN1c1ncc[nH]c1=O. The molecular weight excluding hydrogens is 204 g/mol. The maximum atomic E-state index is 11.7. The minimum atomic E-state index is -0.122. The minimum Gasteiger partial charge on any atom is -0.348 e. The highest BCUT2D eigenvalue weighted by atomic mass is 16.1. The summed E-state index contributed by atoms with van der Waals surface area (Å²) in [5.74, 6) is 0.514. The van der Waals surface area contributed by atoms with Gasteiger partial charge in [0.25, 0.3) is 5.56 Å². The van der Waals surface area contributed by atoms with Gasteiger partial charge in [0.05, 0.1) is 0 Å². The van der Waals surface area contributed by atoms with Crippen molar-refractivity contribution in [2.75, 3.05) is 18.0 Å². The van der Waals surface area contributed by atoms with Crippen molar-refractivity contribution in [1.29, 1.82) is 0 Å². The first-order valence-electron chi connectivity index (χ1n) is 5.83. The van der Waals surface area contributed by atoms with E-state index in [-0.39, 0.29) is 11.6 Å². The lowest BCUT2D eigenvalue weighted by atomic mass is 10.1. The fraction of sp³-hybridized carbons (Fsp3) is 0.636. The lowest BCUT2D eigenvalue weighted by molar-refractivity contribution is 0.573. The van der Waals surface area contributed by atoms with Crippen LogP contribution in [0, 0.1) is 0 Å². The summed E-state index contributed by atoms with van der Waals surface area (Å²) in [6, 6.07) is 0.249. The van der Waals surface area contributed by atoms with Gasteiger partial charge < -0.3 is 15.6 Å². The van der Waals surface area contributed by atoms with Crippen LogP contribution in [-0.4, -0.2) is 29.1 Å². The number of nitrogens with one attached hydrogen (secondary N) is 1. The van der Waals surface area contributed by atoms with Crippen molar-refractivity contribution in [2.45, 2.75) is 31.7 Å². The monoisotopic (exact) mass is 222 g/mol. The molecule has 5 nitrogen and oxygen atoms in total. The van der Waals surface area contributed by atoms with Crippen LogP contribution >= 0.6 is 0 Å². The van der Waals surface area contributed by atoms with Gasteiger partial charge in [-0.25, -0.2) is 4.98 Å². The Morgan fingerprint density at radius 2 is 2.38 bits per heavy atom. The number of hydrogen-bond donors (Lipinski definition) is 2. The number of anilines is 1. The summed E-state index contributed by atoms with van der Waals surface area (Å²) in [5.41, 5.74) is 5.65. The molecule has 88 valence electrons. The average molecular weight is 222 g/mol. The van der Waals surface area contributed by atoms with E-state index < -0.39 is 0 Å². The van der Waals surface area contributed by atoms with Crippen LogP contribution in [0.1, 0.15) is 25.7 Å². The van der Waals surface area contributed by atoms with Crippen molar-refractivity contribution in [3.63, 3.8) is 0 Å². The minimum absolute atomic E-state index is 0.122. The molecule has 1 atom stereocenters. The largest absolute Gasteiger partial charge is 0.348 e. The second-order valence-corrected chi connectivity index (χ2v) is 4.17. The Labute approximate surface area is 94.7 Å². The first kappa shape index (κ1) is 11.1. The van der Waals surface area contributed by atoms with E-state index in [0.717, 1.165) is 19.4 Å². The van der Waals surface area contributed by atoms with E-state index in [1.807, 2.05) is 0 Å². The van der Waals surface area contributed by atoms with Crippen LogP contribution in [0.4, 0.5) is 5.82 Å². The summed E-state index contributed by atoms with van der Waals surface area (Å²) < 4.78 is 0. The van der Waals surface area contributed by atoms with Crippen LogP contribution in [0.15, 0.2) is 17.2 Å². The normalized spacial score (nSPS) is 21.8. The molecule has 0 aliphatic carbocycles. The lowest BCUT2D eigenvalue weighted by Gasteiger charge is -2.29. The molecule has 0 spiro atoms. The maximum absolute atomic E-state index is 11.7. The molecule has 1 saturated heterocycles. The number of aromatic nitrogens is 2. The van der Waals surface area contributed by atoms with Crippen molar-refractivity contribution in [3.8, 4) is 0 Å². The smallest absolute Gasteiger partial charge is 0.290 e. The first-order valence-corrected chi connectivity index (χ1v) is 5.83. The topological polar surface area (TPSA) is 75.0 Å². The zero-order chi connectivity index (χ0) is 11.4. The van der Waals surface area contributed by atoms with Gasteiger partial charge in [0.2, 0.25) is 0 Å². The molecule has 0 radical (unpaired) electrons. The molecule has 0 saturated carbocycles. The van der Waals surface area contributed by atoms with Crippen LogP contribution in [0.2, 0.25) is 0 Å². The van der Waals surface area contributed by atoms with Gasteiger partial charge in [-0.2, -0.15) is 0 Å². The van der Waals surface area contributed by atoms with E-state index in [1.165, 1.54) is 12.8 Å². The van der Waals surface area contributed by atoms with Crippen molar-refractivity contribution >= 4 is 5.82 Å². The summed E-state index contributed by atoms with van der Waals surface area (Å²) >= 11 is 0. The third-order valence-corrected chi connectivity index (χ3v) is 3.11. The van der Waals surface area contributed by atoms with Crippen LogP contribution in [0.5, 0.6) is 0 Å². The van der Waals surface area contributed by atoms with E-state index in [0.29, 0.717) is 12.4 Å². The van der Waals surface area contributed by atoms with Crippen LogP contribution in [0.3, 0.4) is 0 Å². The summed E-state index contributed by atoms with van der Waals surface area (Å²) in [6.45, 7) is 1.46. The quantitative estimate of drug-likeness (QED) is 0.763. The van der Waals surface area contributed by atoms with Gasteiger partial charge in [0.1, 0.15) is 0 Å². The fourth-order valence-electron chi connectivity index (χ4n) is 2.25. The Hall–Kier alpha value is -1.36. The molecule has 1 aromatic heterocycles.